The molecule has 4 aromatic rings. The van der Waals surface area contributed by atoms with Gasteiger partial charge in [0.15, 0.2) is 0 Å². The van der Waals surface area contributed by atoms with Crippen molar-refractivity contribution in [1.82, 2.24) is 4.57 Å². The first kappa shape index (κ1) is 28.6. The predicted octanol–water partition coefficient (Wildman–Crippen LogP) is 8.47. The Balaban J connectivity index is 2.03. The quantitative estimate of drug-likeness (QED) is 0.196. The van der Waals surface area contributed by atoms with E-state index < -0.39 is 0 Å². The highest BCUT2D eigenvalue weighted by atomic mass is 16.5. The fourth-order valence-electron chi connectivity index (χ4n) is 6.40. The highest BCUT2D eigenvalue weighted by Gasteiger charge is 2.28. The second-order valence-electron chi connectivity index (χ2n) is 10.5. The standard InChI is InChI=1S/C35H47N3O/c1-10-36(11-2)27-15-18-30(24(6)21-27)35(31-19-16-28(22-25(31)7)37(12-3)13-4)34-26(8)38(14-5)33-20-17-29(39-9)23-32(33)34/h15-23,35H,10-14H2,1-9H3. The van der Waals surface area contributed by atoms with Gasteiger partial charge in [-0.25, -0.2) is 0 Å². The second kappa shape index (κ2) is 12.2. The van der Waals surface area contributed by atoms with Crippen LogP contribution in [0.2, 0.25) is 0 Å². The average Bonchev–Trinajstić information content (AvgIpc) is 3.22. The van der Waals surface area contributed by atoms with Gasteiger partial charge in [-0.05, 0) is 126 Å². The molecule has 0 unspecified atom stereocenters. The molecule has 4 heteroatoms. The minimum atomic E-state index is 0.115. The molecule has 4 rings (SSSR count). The zero-order valence-corrected chi connectivity index (χ0v) is 25.6. The van der Waals surface area contributed by atoms with E-state index in [1.807, 2.05) is 0 Å². The van der Waals surface area contributed by atoms with Crippen LogP contribution >= 0.6 is 0 Å². The third-order valence-corrected chi connectivity index (χ3v) is 8.57. The molecular formula is C35H47N3O. The van der Waals surface area contributed by atoms with E-state index in [1.54, 1.807) is 7.11 Å². The van der Waals surface area contributed by atoms with Crippen LogP contribution < -0.4 is 14.5 Å². The third kappa shape index (κ3) is 5.26. The number of hydrogen-bond donors (Lipinski definition) is 0. The summed E-state index contributed by atoms with van der Waals surface area (Å²) in [6.45, 7) is 23.0. The molecule has 0 spiro atoms. The van der Waals surface area contributed by atoms with Gasteiger partial charge in [-0.15, -0.1) is 0 Å². The van der Waals surface area contributed by atoms with Crippen molar-refractivity contribution >= 4 is 22.3 Å². The monoisotopic (exact) mass is 525 g/mol. The van der Waals surface area contributed by atoms with Crippen LogP contribution in [0, 0.1) is 20.8 Å². The molecule has 0 bridgehead atoms. The Bertz CT molecular complexity index is 1360. The summed E-state index contributed by atoms with van der Waals surface area (Å²) >= 11 is 0. The van der Waals surface area contributed by atoms with Gasteiger partial charge in [-0.1, -0.05) is 12.1 Å². The molecule has 39 heavy (non-hydrogen) atoms. The van der Waals surface area contributed by atoms with E-state index in [-0.39, 0.29) is 5.92 Å². The normalized spacial score (nSPS) is 11.4. The number of aryl methyl sites for hydroxylation is 3. The molecule has 0 aliphatic heterocycles. The molecule has 0 saturated carbocycles. The Morgan fingerprint density at radius 1 is 0.692 bits per heavy atom. The SMILES string of the molecule is CCN(CC)c1ccc(C(c2ccc(N(CC)CC)cc2C)c2c(C)n(CC)c3ccc(OC)cc23)c(C)c1. The summed E-state index contributed by atoms with van der Waals surface area (Å²) < 4.78 is 8.17. The summed E-state index contributed by atoms with van der Waals surface area (Å²) in [6.07, 6.45) is 0. The molecule has 4 nitrogen and oxygen atoms in total. The van der Waals surface area contributed by atoms with Crippen LogP contribution in [-0.4, -0.2) is 37.9 Å². The maximum Gasteiger partial charge on any atom is 0.119 e. The molecule has 0 amide bonds. The molecule has 0 N–H and O–H groups in total. The van der Waals surface area contributed by atoms with Crippen LogP contribution in [0.3, 0.4) is 0 Å². The van der Waals surface area contributed by atoms with Gasteiger partial charge in [-0.2, -0.15) is 0 Å². The fourth-order valence-corrected chi connectivity index (χ4v) is 6.40. The average molecular weight is 526 g/mol. The minimum absolute atomic E-state index is 0.115. The van der Waals surface area contributed by atoms with Crippen molar-refractivity contribution in [2.75, 3.05) is 43.1 Å². The summed E-state index contributed by atoms with van der Waals surface area (Å²) in [4.78, 5) is 4.85. The van der Waals surface area contributed by atoms with Crippen LogP contribution in [0.5, 0.6) is 5.75 Å². The molecule has 0 saturated heterocycles. The first-order valence-corrected chi connectivity index (χ1v) is 14.7. The Labute approximate surface area is 236 Å². The van der Waals surface area contributed by atoms with Gasteiger partial charge in [0, 0.05) is 66.6 Å². The highest BCUT2D eigenvalue weighted by molar-refractivity contribution is 5.89. The number of anilines is 2. The van der Waals surface area contributed by atoms with E-state index in [9.17, 15) is 0 Å². The second-order valence-corrected chi connectivity index (χ2v) is 10.5. The highest BCUT2D eigenvalue weighted by Crippen LogP contribution is 2.44. The van der Waals surface area contributed by atoms with Crippen molar-refractivity contribution in [3.63, 3.8) is 0 Å². The lowest BCUT2D eigenvalue weighted by Crippen LogP contribution is -2.22. The van der Waals surface area contributed by atoms with Crippen molar-refractivity contribution in [3.05, 3.63) is 88.1 Å². The largest absolute Gasteiger partial charge is 0.497 e. The van der Waals surface area contributed by atoms with Gasteiger partial charge in [0.1, 0.15) is 5.75 Å². The zero-order valence-electron chi connectivity index (χ0n) is 25.6. The van der Waals surface area contributed by atoms with E-state index in [2.05, 4.69) is 124 Å². The first-order chi connectivity index (χ1) is 18.8. The molecular weight excluding hydrogens is 478 g/mol. The van der Waals surface area contributed by atoms with Crippen LogP contribution in [0.25, 0.3) is 10.9 Å². The molecule has 0 radical (unpaired) electrons. The van der Waals surface area contributed by atoms with Crippen molar-refractivity contribution in [2.45, 2.75) is 67.9 Å². The van der Waals surface area contributed by atoms with Gasteiger partial charge >= 0.3 is 0 Å². The smallest absolute Gasteiger partial charge is 0.119 e. The maximum absolute atomic E-state index is 5.71. The summed E-state index contributed by atoms with van der Waals surface area (Å²) in [5, 5.41) is 1.28. The molecule has 0 aliphatic carbocycles. The number of nitrogens with zero attached hydrogens (tertiary/aromatic N) is 3. The van der Waals surface area contributed by atoms with Gasteiger partial charge in [0.25, 0.3) is 0 Å². The molecule has 0 aliphatic rings. The summed E-state index contributed by atoms with van der Waals surface area (Å²) in [5.74, 6) is 1.02. The van der Waals surface area contributed by atoms with Crippen molar-refractivity contribution < 1.29 is 4.74 Å². The molecule has 0 fully saturated rings. The Hall–Kier alpha value is -3.40. The number of methoxy groups -OCH3 is 1. The number of benzene rings is 3. The van der Waals surface area contributed by atoms with Gasteiger partial charge in [0.2, 0.25) is 0 Å². The molecule has 1 heterocycles. The number of fused-ring (bicyclic) bond motifs is 1. The van der Waals surface area contributed by atoms with Crippen molar-refractivity contribution in [3.8, 4) is 5.75 Å². The summed E-state index contributed by atoms with van der Waals surface area (Å²) in [6, 6.07) is 20.7. The van der Waals surface area contributed by atoms with E-state index in [0.717, 1.165) is 38.5 Å². The topological polar surface area (TPSA) is 20.6 Å². The predicted molar refractivity (Wildman–Crippen MR) is 169 cm³/mol. The lowest BCUT2D eigenvalue weighted by molar-refractivity contribution is 0.415. The third-order valence-electron chi connectivity index (χ3n) is 8.57. The summed E-state index contributed by atoms with van der Waals surface area (Å²) in [7, 11) is 1.76. The van der Waals surface area contributed by atoms with Crippen LogP contribution in [0.15, 0.2) is 54.6 Å². The van der Waals surface area contributed by atoms with E-state index in [4.69, 9.17) is 4.74 Å². The Morgan fingerprint density at radius 3 is 1.62 bits per heavy atom. The van der Waals surface area contributed by atoms with Crippen molar-refractivity contribution in [1.29, 1.82) is 0 Å². The van der Waals surface area contributed by atoms with E-state index in [0.29, 0.717) is 0 Å². The number of aromatic nitrogens is 1. The minimum Gasteiger partial charge on any atom is -0.497 e. The Morgan fingerprint density at radius 2 is 1.21 bits per heavy atom. The Kier molecular flexibility index (Phi) is 8.94. The zero-order chi connectivity index (χ0) is 28.3. The number of rotatable bonds is 11. The van der Waals surface area contributed by atoms with Crippen LogP contribution in [0.1, 0.15) is 74.0 Å². The number of ether oxygens (including phenoxy) is 1. The van der Waals surface area contributed by atoms with Crippen molar-refractivity contribution in [2.24, 2.45) is 0 Å². The van der Waals surface area contributed by atoms with Gasteiger partial charge in [-0.3, -0.25) is 0 Å². The first-order valence-electron chi connectivity index (χ1n) is 14.7. The lowest BCUT2D eigenvalue weighted by atomic mass is 9.79. The lowest BCUT2D eigenvalue weighted by Gasteiger charge is -2.28. The number of hydrogen-bond acceptors (Lipinski definition) is 3. The van der Waals surface area contributed by atoms with E-state index in [1.165, 1.54) is 55.8 Å². The van der Waals surface area contributed by atoms with Gasteiger partial charge in [0.05, 0.1) is 7.11 Å². The van der Waals surface area contributed by atoms with Gasteiger partial charge < -0.3 is 19.1 Å². The van der Waals surface area contributed by atoms with E-state index >= 15 is 0 Å². The van der Waals surface area contributed by atoms with Crippen LogP contribution in [0.4, 0.5) is 11.4 Å². The molecule has 0 atom stereocenters. The molecule has 208 valence electrons. The fraction of sp³-hybridized carbons (Fsp3) is 0.429. The van der Waals surface area contributed by atoms with Crippen LogP contribution in [-0.2, 0) is 6.54 Å². The molecule has 3 aromatic carbocycles. The molecule has 1 aromatic heterocycles. The maximum atomic E-state index is 5.71. The summed E-state index contributed by atoms with van der Waals surface area (Å²) in [5.41, 5.74) is 12.0.